The lowest BCUT2D eigenvalue weighted by molar-refractivity contribution is -0.145. The largest absolute Gasteiger partial charge is 0.469 e. The molecule has 0 saturated carbocycles. The first-order valence-electron chi connectivity index (χ1n) is 5.58. The molecule has 5 heteroatoms. The van der Waals surface area contributed by atoms with Gasteiger partial charge in [0, 0.05) is 37.4 Å². The number of methoxy groups -OCH3 is 1. The molecule has 0 radical (unpaired) electrons. The van der Waals surface area contributed by atoms with Gasteiger partial charge in [0.25, 0.3) is 0 Å². The molecular formula is C11H17N3O2. The summed E-state index contributed by atoms with van der Waals surface area (Å²) in [5, 5.41) is 7.47. The average Bonchev–Trinajstić information content (AvgIpc) is 2.94. The second-order valence-electron chi connectivity index (χ2n) is 3.97. The van der Waals surface area contributed by atoms with Crippen LogP contribution in [0, 0.1) is 5.92 Å². The van der Waals surface area contributed by atoms with Crippen LogP contribution in [0.25, 0.3) is 0 Å². The molecule has 2 heterocycles. The number of nitrogens with zero attached hydrogens (tertiary/aromatic N) is 2. The molecule has 1 saturated heterocycles. The lowest BCUT2D eigenvalue weighted by atomic mass is 9.93. The van der Waals surface area contributed by atoms with Crippen molar-refractivity contribution in [2.45, 2.75) is 19.4 Å². The van der Waals surface area contributed by atoms with Crippen molar-refractivity contribution in [2.75, 3.05) is 20.2 Å². The van der Waals surface area contributed by atoms with Gasteiger partial charge in [-0.1, -0.05) is 0 Å². The Hall–Kier alpha value is -1.36. The monoisotopic (exact) mass is 223 g/mol. The van der Waals surface area contributed by atoms with Crippen molar-refractivity contribution in [1.82, 2.24) is 15.1 Å². The normalized spacial score (nSPS) is 24.6. The van der Waals surface area contributed by atoms with Gasteiger partial charge >= 0.3 is 5.97 Å². The maximum atomic E-state index is 11.6. The van der Waals surface area contributed by atoms with Gasteiger partial charge in [0.05, 0.1) is 13.0 Å². The van der Waals surface area contributed by atoms with E-state index < -0.39 is 0 Å². The molecule has 0 aliphatic carbocycles. The highest BCUT2D eigenvalue weighted by Gasteiger charge is 2.36. The standard InChI is InChI=1S/C11H17N3O2/c1-3-14-10(4-5-13-14)8-6-12-7-9(8)11(15)16-2/h4-5,8-9,12H,3,6-7H2,1-2H3. The number of hydrogen-bond donors (Lipinski definition) is 1. The van der Waals surface area contributed by atoms with Crippen LogP contribution in [-0.4, -0.2) is 35.9 Å². The third-order valence-corrected chi connectivity index (χ3v) is 3.15. The van der Waals surface area contributed by atoms with Gasteiger partial charge in [-0.15, -0.1) is 0 Å². The smallest absolute Gasteiger partial charge is 0.310 e. The third kappa shape index (κ3) is 1.82. The molecule has 1 fully saturated rings. The second kappa shape index (κ2) is 4.65. The molecule has 2 rings (SSSR count). The topological polar surface area (TPSA) is 56.2 Å². The summed E-state index contributed by atoms with van der Waals surface area (Å²) in [6, 6.07) is 1.98. The molecule has 1 aliphatic rings. The van der Waals surface area contributed by atoms with E-state index in [4.69, 9.17) is 4.74 Å². The first kappa shape index (κ1) is 11.1. The predicted octanol–water partition coefficient (Wildman–Crippen LogP) is 0.379. The summed E-state index contributed by atoms with van der Waals surface area (Å²) in [4.78, 5) is 11.6. The minimum absolute atomic E-state index is 0.0907. The van der Waals surface area contributed by atoms with Crippen LogP contribution in [0.5, 0.6) is 0 Å². The van der Waals surface area contributed by atoms with E-state index in [1.54, 1.807) is 6.20 Å². The fourth-order valence-corrected chi connectivity index (χ4v) is 2.31. The number of carbonyl (C=O) groups is 1. The molecule has 5 nitrogen and oxygen atoms in total. The van der Waals surface area contributed by atoms with E-state index >= 15 is 0 Å². The van der Waals surface area contributed by atoms with Crippen LogP contribution in [0.4, 0.5) is 0 Å². The number of aromatic nitrogens is 2. The number of ether oxygens (including phenoxy) is 1. The summed E-state index contributed by atoms with van der Waals surface area (Å²) in [5.41, 5.74) is 1.11. The highest BCUT2D eigenvalue weighted by Crippen LogP contribution is 2.28. The molecule has 1 aromatic heterocycles. The summed E-state index contributed by atoms with van der Waals surface area (Å²) >= 11 is 0. The molecule has 2 atom stereocenters. The van der Waals surface area contributed by atoms with Gasteiger partial charge in [-0.05, 0) is 13.0 Å². The lowest BCUT2D eigenvalue weighted by Crippen LogP contribution is -2.24. The Kier molecular flexibility index (Phi) is 3.24. The zero-order valence-corrected chi connectivity index (χ0v) is 9.64. The van der Waals surface area contributed by atoms with E-state index in [9.17, 15) is 4.79 Å². The van der Waals surface area contributed by atoms with Crippen molar-refractivity contribution in [3.05, 3.63) is 18.0 Å². The van der Waals surface area contributed by atoms with Gasteiger partial charge in [-0.25, -0.2) is 0 Å². The molecule has 1 aliphatic heterocycles. The summed E-state index contributed by atoms with van der Waals surface area (Å²) in [5.74, 6) is -0.0549. The number of carbonyl (C=O) groups excluding carboxylic acids is 1. The second-order valence-corrected chi connectivity index (χ2v) is 3.97. The molecule has 16 heavy (non-hydrogen) atoms. The van der Waals surface area contributed by atoms with E-state index in [0.717, 1.165) is 18.8 Å². The SMILES string of the molecule is CCn1nccc1C1CNCC1C(=O)OC. The number of esters is 1. The van der Waals surface area contributed by atoms with E-state index in [1.165, 1.54) is 7.11 Å². The maximum absolute atomic E-state index is 11.6. The van der Waals surface area contributed by atoms with Gasteiger partial charge in [0.15, 0.2) is 0 Å². The molecule has 1 aromatic rings. The fourth-order valence-electron chi connectivity index (χ4n) is 2.31. The Balaban J connectivity index is 2.23. The molecule has 88 valence electrons. The van der Waals surface area contributed by atoms with Crippen molar-refractivity contribution in [2.24, 2.45) is 5.92 Å². The summed E-state index contributed by atoms with van der Waals surface area (Å²) in [6.45, 7) is 4.37. The van der Waals surface area contributed by atoms with Crippen molar-refractivity contribution >= 4 is 5.97 Å². The zero-order chi connectivity index (χ0) is 11.5. The Morgan fingerprint density at radius 2 is 2.50 bits per heavy atom. The highest BCUT2D eigenvalue weighted by molar-refractivity contribution is 5.74. The number of rotatable bonds is 3. The van der Waals surface area contributed by atoms with Crippen LogP contribution in [0.1, 0.15) is 18.5 Å². The van der Waals surface area contributed by atoms with Gasteiger partial charge in [-0.2, -0.15) is 5.10 Å². The number of aryl methyl sites for hydroxylation is 1. The first-order chi connectivity index (χ1) is 7.77. The Morgan fingerprint density at radius 3 is 3.19 bits per heavy atom. The summed E-state index contributed by atoms with van der Waals surface area (Å²) in [7, 11) is 1.44. The van der Waals surface area contributed by atoms with Crippen molar-refractivity contribution in [3.63, 3.8) is 0 Å². The van der Waals surface area contributed by atoms with E-state index in [2.05, 4.69) is 10.4 Å². The van der Waals surface area contributed by atoms with Crippen LogP contribution in [0.15, 0.2) is 12.3 Å². The Labute approximate surface area is 94.8 Å². The first-order valence-corrected chi connectivity index (χ1v) is 5.58. The van der Waals surface area contributed by atoms with Gasteiger partial charge in [-0.3, -0.25) is 9.48 Å². The molecule has 2 unspecified atom stereocenters. The van der Waals surface area contributed by atoms with Crippen molar-refractivity contribution in [1.29, 1.82) is 0 Å². The zero-order valence-electron chi connectivity index (χ0n) is 9.64. The average molecular weight is 223 g/mol. The Bertz CT molecular complexity index is 375. The van der Waals surface area contributed by atoms with Gasteiger partial charge in [0.1, 0.15) is 0 Å². The van der Waals surface area contributed by atoms with Crippen LogP contribution >= 0.6 is 0 Å². The number of nitrogens with one attached hydrogen (secondary N) is 1. The molecule has 0 bridgehead atoms. The van der Waals surface area contributed by atoms with E-state index in [1.807, 2.05) is 17.7 Å². The molecule has 0 aromatic carbocycles. The molecule has 0 spiro atoms. The lowest BCUT2D eigenvalue weighted by Gasteiger charge is -2.17. The fraction of sp³-hybridized carbons (Fsp3) is 0.636. The minimum Gasteiger partial charge on any atom is -0.469 e. The number of hydrogen-bond acceptors (Lipinski definition) is 4. The van der Waals surface area contributed by atoms with Gasteiger partial charge in [0.2, 0.25) is 0 Å². The van der Waals surface area contributed by atoms with Crippen LogP contribution < -0.4 is 5.32 Å². The summed E-state index contributed by atoms with van der Waals surface area (Å²) < 4.78 is 6.77. The van der Waals surface area contributed by atoms with Crippen LogP contribution in [-0.2, 0) is 16.1 Å². The van der Waals surface area contributed by atoms with Crippen molar-refractivity contribution in [3.8, 4) is 0 Å². The molecule has 0 amide bonds. The quantitative estimate of drug-likeness (QED) is 0.753. The van der Waals surface area contributed by atoms with Crippen molar-refractivity contribution < 1.29 is 9.53 Å². The third-order valence-electron chi connectivity index (χ3n) is 3.15. The highest BCUT2D eigenvalue weighted by atomic mass is 16.5. The minimum atomic E-state index is -0.140. The maximum Gasteiger partial charge on any atom is 0.310 e. The van der Waals surface area contributed by atoms with E-state index in [-0.39, 0.29) is 17.8 Å². The van der Waals surface area contributed by atoms with E-state index in [0.29, 0.717) is 6.54 Å². The summed E-state index contributed by atoms with van der Waals surface area (Å²) in [6.07, 6.45) is 1.78. The van der Waals surface area contributed by atoms with Crippen LogP contribution in [0.3, 0.4) is 0 Å². The Morgan fingerprint density at radius 1 is 1.69 bits per heavy atom. The molecule has 1 N–H and O–H groups in total. The molecular weight excluding hydrogens is 206 g/mol. The predicted molar refractivity (Wildman–Crippen MR) is 59.0 cm³/mol. The van der Waals surface area contributed by atoms with Gasteiger partial charge < -0.3 is 10.1 Å². The van der Waals surface area contributed by atoms with Crippen LogP contribution in [0.2, 0.25) is 0 Å².